The number of likely N-dealkylation sites (tertiary alicyclic amines) is 1. The van der Waals surface area contributed by atoms with Crippen molar-refractivity contribution in [3.63, 3.8) is 0 Å². The molecule has 3 aliphatic carbocycles. The first-order valence-electron chi connectivity index (χ1n) is 16.3. The number of benzene rings is 1. The summed E-state index contributed by atoms with van der Waals surface area (Å²) < 4.78 is 63.2. The van der Waals surface area contributed by atoms with Gasteiger partial charge in [0.2, 0.25) is 5.72 Å². The minimum atomic E-state index is -4.93. The van der Waals surface area contributed by atoms with Gasteiger partial charge in [0, 0.05) is 49.0 Å². The first-order chi connectivity index (χ1) is 21.8. The van der Waals surface area contributed by atoms with Crippen molar-refractivity contribution in [3.8, 4) is 0 Å². The van der Waals surface area contributed by atoms with E-state index in [1.54, 1.807) is 18.2 Å². The summed E-state index contributed by atoms with van der Waals surface area (Å²) in [5.74, 6) is -1.29. The third-order valence-corrected chi connectivity index (χ3v) is 11.1. The minimum Gasteiger partial charge on any atom is -0.496 e. The highest BCUT2D eigenvalue weighted by atomic mass is 19.4. The standard InChI is InChI=1S/C36H43F3N2O5/c1-6-16-41(21-22(2)3)17-15-34-26-13-10-14-30(34)46-35(40-33(43)27(36(37,38)39)18-24-11-8-7-9-12-24)31(44-5)20-29(45-23(4)42)25(32(34)35)19-28(26)41/h6-9,11-12,18,20,22,26,28,30,32H,1,10,13-17,19,21H2,2-5H3/p+1/t26-,28+,30-,32?,34+,35?,41?/m0/s1. The van der Waals surface area contributed by atoms with Crippen molar-refractivity contribution < 1.29 is 41.5 Å². The summed E-state index contributed by atoms with van der Waals surface area (Å²) in [5.41, 5.74) is -2.47. The Hall–Kier alpha value is -3.37. The maximum absolute atomic E-state index is 14.6. The molecular formula is C36H44F3N2O5+. The molecular weight excluding hydrogens is 597 g/mol. The van der Waals surface area contributed by atoms with Crippen LogP contribution in [0.15, 0.2) is 71.7 Å². The van der Waals surface area contributed by atoms with Crippen LogP contribution in [0.25, 0.3) is 6.08 Å². The fourth-order valence-electron chi connectivity index (χ4n) is 9.92. The SMILES string of the molecule is C=CC[N+]1(CC(C)C)CC[C@]23C4C5=C(OC(C)=O)C=C(OC)C4(NC(=O)C(=Cc4ccccc4)C(F)(F)F)O[C@H]2CCC[C@H]3[C@H]1C5. The molecule has 3 unspecified atom stereocenters. The monoisotopic (exact) mass is 641 g/mol. The molecule has 2 heterocycles. The minimum absolute atomic E-state index is 0.132. The van der Waals surface area contributed by atoms with Crippen LogP contribution in [-0.2, 0) is 23.8 Å². The highest BCUT2D eigenvalue weighted by Gasteiger charge is 2.77. The molecule has 7 atom stereocenters. The Labute approximate surface area is 268 Å². The molecule has 1 N–H and O–H groups in total. The third kappa shape index (κ3) is 5.03. The number of hydrogen-bond acceptors (Lipinski definition) is 5. The van der Waals surface area contributed by atoms with Crippen molar-refractivity contribution in [2.24, 2.45) is 23.2 Å². The summed E-state index contributed by atoms with van der Waals surface area (Å²) in [6, 6.07) is 8.14. The molecule has 2 saturated carbocycles. The quantitative estimate of drug-likeness (QED) is 0.145. The lowest BCUT2D eigenvalue weighted by molar-refractivity contribution is -0.961. The summed E-state index contributed by atoms with van der Waals surface area (Å²) in [6.07, 6.45) is 3.01. The molecule has 46 heavy (non-hydrogen) atoms. The molecule has 2 saturated heterocycles. The first kappa shape index (κ1) is 32.6. The van der Waals surface area contributed by atoms with E-state index in [4.69, 9.17) is 14.2 Å². The number of halogens is 3. The number of nitrogens with one attached hydrogen (secondary N) is 1. The summed E-state index contributed by atoms with van der Waals surface area (Å²) in [7, 11) is 1.40. The Balaban J connectivity index is 1.52. The van der Waals surface area contributed by atoms with E-state index in [0.29, 0.717) is 24.5 Å². The van der Waals surface area contributed by atoms with Crippen molar-refractivity contribution in [1.29, 1.82) is 0 Å². The summed E-state index contributed by atoms with van der Waals surface area (Å²) >= 11 is 0. The number of piperidine rings is 1. The molecule has 0 aromatic heterocycles. The van der Waals surface area contributed by atoms with Crippen molar-refractivity contribution in [1.82, 2.24) is 5.32 Å². The molecule has 1 aromatic rings. The normalized spacial score (nSPS) is 34.9. The van der Waals surface area contributed by atoms with E-state index in [2.05, 4.69) is 25.7 Å². The van der Waals surface area contributed by atoms with Crippen LogP contribution >= 0.6 is 0 Å². The Morgan fingerprint density at radius 1 is 1.22 bits per heavy atom. The van der Waals surface area contributed by atoms with Gasteiger partial charge in [0.15, 0.2) is 5.76 Å². The number of quaternary nitrogens is 1. The van der Waals surface area contributed by atoms with Gasteiger partial charge in [-0.25, -0.2) is 0 Å². The van der Waals surface area contributed by atoms with Crippen LogP contribution in [0.4, 0.5) is 13.2 Å². The van der Waals surface area contributed by atoms with E-state index in [1.807, 2.05) is 6.08 Å². The van der Waals surface area contributed by atoms with E-state index < -0.39 is 40.7 Å². The van der Waals surface area contributed by atoms with Crippen molar-refractivity contribution >= 4 is 18.0 Å². The first-order valence-corrected chi connectivity index (χ1v) is 16.3. The van der Waals surface area contributed by atoms with Crippen LogP contribution in [0.5, 0.6) is 0 Å². The van der Waals surface area contributed by atoms with Crippen LogP contribution in [0, 0.1) is 23.2 Å². The summed E-state index contributed by atoms with van der Waals surface area (Å²) in [6.45, 7) is 12.5. The average Bonchev–Trinajstić information content (AvgIpc) is 3.27. The number of esters is 1. The molecule has 10 heteroatoms. The zero-order chi connectivity index (χ0) is 33.1. The Bertz CT molecular complexity index is 1500. The Morgan fingerprint density at radius 3 is 2.59 bits per heavy atom. The van der Waals surface area contributed by atoms with E-state index in [-0.39, 0.29) is 29.4 Å². The number of amides is 1. The number of allylic oxidation sites excluding steroid dienone is 1. The molecule has 7 nitrogen and oxygen atoms in total. The highest BCUT2D eigenvalue weighted by Crippen LogP contribution is 2.71. The number of nitrogens with zero attached hydrogens (tertiary/aromatic N) is 1. The van der Waals surface area contributed by atoms with Crippen LogP contribution in [0.2, 0.25) is 0 Å². The van der Waals surface area contributed by atoms with Crippen LogP contribution in [0.1, 0.15) is 58.4 Å². The van der Waals surface area contributed by atoms with Gasteiger partial charge in [0.25, 0.3) is 5.91 Å². The Kier molecular flexibility index (Phi) is 8.29. The predicted octanol–water partition coefficient (Wildman–Crippen LogP) is 6.44. The second kappa shape index (κ2) is 11.7. The average molecular weight is 642 g/mol. The molecule has 5 aliphatic rings. The van der Waals surface area contributed by atoms with E-state index in [1.165, 1.54) is 32.2 Å². The molecule has 6 rings (SSSR count). The zero-order valence-electron chi connectivity index (χ0n) is 27.0. The third-order valence-electron chi connectivity index (χ3n) is 11.1. The smallest absolute Gasteiger partial charge is 0.421 e. The molecule has 1 amide bonds. The van der Waals surface area contributed by atoms with Crippen LogP contribution < -0.4 is 5.32 Å². The highest BCUT2D eigenvalue weighted by molar-refractivity contribution is 5.99. The van der Waals surface area contributed by atoms with Crippen molar-refractivity contribution in [3.05, 3.63) is 77.3 Å². The lowest BCUT2D eigenvalue weighted by Crippen LogP contribution is -2.73. The Morgan fingerprint density at radius 2 is 1.96 bits per heavy atom. The molecule has 0 radical (unpaired) electrons. The van der Waals surface area contributed by atoms with Gasteiger partial charge in [-0.1, -0.05) is 57.2 Å². The van der Waals surface area contributed by atoms with E-state index in [0.717, 1.165) is 55.0 Å². The van der Waals surface area contributed by atoms with Gasteiger partial charge >= 0.3 is 12.1 Å². The topological polar surface area (TPSA) is 73.9 Å². The second-order valence-electron chi connectivity index (χ2n) is 14.1. The second-order valence-corrected chi connectivity index (χ2v) is 14.1. The van der Waals surface area contributed by atoms with Crippen LogP contribution in [0.3, 0.4) is 0 Å². The zero-order valence-corrected chi connectivity index (χ0v) is 27.0. The van der Waals surface area contributed by atoms with Gasteiger partial charge in [-0.2, -0.15) is 13.2 Å². The lowest BCUT2D eigenvalue weighted by atomic mass is 9.46. The van der Waals surface area contributed by atoms with Crippen molar-refractivity contribution in [2.75, 3.05) is 26.7 Å². The molecule has 248 valence electrons. The molecule has 1 aromatic carbocycles. The molecule has 2 aliphatic heterocycles. The molecule has 1 spiro atoms. The lowest BCUT2D eigenvalue weighted by Gasteiger charge is -2.65. The van der Waals surface area contributed by atoms with Gasteiger partial charge in [-0.3, -0.25) is 9.59 Å². The van der Waals surface area contributed by atoms with Gasteiger partial charge in [-0.15, -0.1) is 0 Å². The number of hydrogen-bond donors (Lipinski definition) is 1. The fraction of sp³-hybridized carbons (Fsp3) is 0.556. The van der Waals surface area contributed by atoms with Gasteiger partial charge in [-0.05, 0) is 36.1 Å². The maximum atomic E-state index is 14.6. The largest absolute Gasteiger partial charge is 0.496 e. The van der Waals surface area contributed by atoms with Crippen LogP contribution in [-0.4, -0.2) is 67.2 Å². The van der Waals surface area contributed by atoms with E-state index >= 15 is 0 Å². The fourth-order valence-corrected chi connectivity index (χ4v) is 9.92. The van der Waals surface area contributed by atoms with Crippen molar-refractivity contribution in [2.45, 2.75) is 76.9 Å². The van der Waals surface area contributed by atoms with Gasteiger partial charge in [0.05, 0.1) is 38.9 Å². The maximum Gasteiger partial charge on any atom is 0.421 e. The van der Waals surface area contributed by atoms with E-state index in [9.17, 15) is 22.8 Å². The molecule has 4 fully saturated rings. The number of carbonyl (C=O) groups is 2. The predicted molar refractivity (Wildman–Crippen MR) is 166 cm³/mol. The number of ether oxygens (including phenoxy) is 3. The number of methoxy groups -OCH3 is 1. The van der Waals surface area contributed by atoms with Gasteiger partial charge in [0.1, 0.15) is 11.3 Å². The number of alkyl halides is 3. The van der Waals surface area contributed by atoms with Gasteiger partial charge < -0.3 is 24.0 Å². The summed E-state index contributed by atoms with van der Waals surface area (Å²) in [4.78, 5) is 26.4. The molecule has 2 bridgehead atoms. The number of carbonyl (C=O) groups excluding carboxylic acids is 2. The summed E-state index contributed by atoms with van der Waals surface area (Å²) in [5, 5.41) is 2.77. The number of rotatable bonds is 9.